The Balaban J connectivity index is 1.63. The minimum absolute atomic E-state index is 0.700. The Morgan fingerprint density at radius 3 is 2.67 bits per heavy atom. The average molecular weight is 283 g/mol. The van der Waals surface area contributed by atoms with Crippen molar-refractivity contribution in [2.75, 3.05) is 0 Å². The monoisotopic (exact) mass is 283 g/mol. The van der Waals surface area contributed by atoms with Crippen molar-refractivity contribution in [3.63, 3.8) is 0 Å². The standard InChI is InChI=1S/C18H25N3/c1-21-12-11-18(20-21)16-8-6-7-15(13-16)14-19-17-9-4-2-3-5-10-17/h6-8,11-13,17,19H,2-5,9-10,14H2,1H3. The highest BCUT2D eigenvalue weighted by atomic mass is 15.2. The van der Waals surface area contributed by atoms with Crippen LogP contribution in [0.3, 0.4) is 0 Å². The number of aromatic nitrogens is 2. The van der Waals surface area contributed by atoms with Crippen LogP contribution in [-0.4, -0.2) is 15.8 Å². The fraction of sp³-hybridized carbons (Fsp3) is 0.500. The Labute approximate surface area is 127 Å². The van der Waals surface area contributed by atoms with Crippen LogP contribution in [0.15, 0.2) is 36.5 Å². The van der Waals surface area contributed by atoms with Crippen LogP contribution >= 0.6 is 0 Å². The lowest BCUT2D eigenvalue weighted by molar-refractivity contribution is 0.459. The van der Waals surface area contributed by atoms with Gasteiger partial charge in [0.05, 0.1) is 5.69 Å². The van der Waals surface area contributed by atoms with E-state index in [1.54, 1.807) is 0 Å². The van der Waals surface area contributed by atoms with Gasteiger partial charge in [0.2, 0.25) is 0 Å². The van der Waals surface area contributed by atoms with Crippen LogP contribution in [0.25, 0.3) is 11.3 Å². The van der Waals surface area contributed by atoms with Gasteiger partial charge in [-0.1, -0.05) is 43.9 Å². The fourth-order valence-corrected chi connectivity index (χ4v) is 3.16. The molecule has 1 aliphatic rings. The largest absolute Gasteiger partial charge is 0.310 e. The molecule has 3 nitrogen and oxygen atoms in total. The summed E-state index contributed by atoms with van der Waals surface area (Å²) < 4.78 is 1.85. The third-order valence-corrected chi connectivity index (χ3v) is 4.39. The lowest BCUT2D eigenvalue weighted by Gasteiger charge is -2.16. The molecule has 0 saturated heterocycles. The highest BCUT2D eigenvalue weighted by Gasteiger charge is 2.11. The summed E-state index contributed by atoms with van der Waals surface area (Å²) in [6.45, 7) is 0.964. The molecule has 1 N–H and O–H groups in total. The minimum Gasteiger partial charge on any atom is -0.310 e. The van der Waals surface area contributed by atoms with Gasteiger partial charge in [-0.25, -0.2) is 0 Å². The normalized spacial score (nSPS) is 16.8. The number of hydrogen-bond acceptors (Lipinski definition) is 2. The number of nitrogens with one attached hydrogen (secondary N) is 1. The maximum atomic E-state index is 4.48. The van der Waals surface area contributed by atoms with Crippen molar-refractivity contribution in [2.24, 2.45) is 7.05 Å². The van der Waals surface area contributed by atoms with Gasteiger partial charge >= 0.3 is 0 Å². The van der Waals surface area contributed by atoms with E-state index in [4.69, 9.17) is 0 Å². The molecule has 112 valence electrons. The van der Waals surface area contributed by atoms with E-state index in [9.17, 15) is 0 Å². The summed E-state index contributed by atoms with van der Waals surface area (Å²) in [7, 11) is 1.96. The van der Waals surface area contributed by atoms with Crippen molar-refractivity contribution < 1.29 is 0 Å². The molecule has 3 rings (SSSR count). The molecule has 0 amide bonds. The molecule has 1 aliphatic carbocycles. The second-order valence-electron chi connectivity index (χ2n) is 6.14. The van der Waals surface area contributed by atoms with Crippen molar-refractivity contribution in [3.05, 3.63) is 42.1 Å². The molecule has 21 heavy (non-hydrogen) atoms. The minimum atomic E-state index is 0.700. The van der Waals surface area contributed by atoms with Crippen LogP contribution in [0.4, 0.5) is 0 Å². The maximum Gasteiger partial charge on any atom is 0.0923 e. The Morgan fingerprint density at radius 2 is 1.95 bits per heavy atom. The number of hydrogen-bond donors (Lipinski definition) is 1. The average Bonchev–Trinajstić information content (AvgIpc) is 2.78. The molecule has 0 unspecified atom stereocenters. The molecule has 0 atom stereocenters. The van der Waals surface area contributed by atoms with Crippen molar-refractivity contribution in [3.8, 4) is 11.3 Å². The first kappa shape index (κ1) is 14.3. The summed E-state index contributed by atoms with van der Waals surface area (Å²) in [6, 6.07) is 11.5. The fourth-order valence-electron chi connectivity index (χ4n) is 3.16. The van der Waals surface area contributed by atoms with Crippen molar-refractivity contribution in [1.82, 2.24) is 15.1 Å². The van der Waals surface area contributed by atoms with Gasteiger partial charge in [-0.3, -0.25) is 4.68 Å². The van der Waals surface area contributed by atoms with E-state index >= 15 is 0 Å². The summed E-state index contributed by atoms with van der Waals surface area (Å²) in [6.07, 6.45) is 10.2. The molecule has 1 aromatic carbocycles. The Hall–Kier alpha value is -1.61. The molecule has 0 aliphatic heterocycles. The molecule has 1 aromatic heterocycles. The van der Waals surface area contributed by atoms with E-state index < -0.39 is 0 Å². The van der Waals surface area contributed by atoms with E-state index in [1.165, 1.54) is 49.7 Å². The SMILES string of the molecule is Cn1ccc(-c2cccc(CNC3CCCCCC3)c2)n1. The maximum absolute atomic E-state index is 4.48. The molecular formula is C18H25N3. The highest BCUT2D eigenvalue weighted by Crippen LogP contribution is 2.20. The summed E-state index contributed by atoms with van der Waals surface area (Å²) in [5, 5.41) is 8.22. The molecule has 1 saturated carbocycles. The number of aryl methyl sites for hydroxylation is 1. The van der Waals surface area contributed by atoms with E-state index in [-0.39, 0.29) is 0 Å². The number of benzene rings is 1. The zero-order chi connectivity index (χ0) is 14.5. The Bertz CT molecular complexity index is 565. The summed E-state index contributed by atoms with van der Waals surface area (Å²) in [5.74, 6) is 0. The zero-order valence-electron chi connectivity index (χ0n) is 12.9. The molecule has 1 fully saturated rings. The molecule has 0 bridgehead atoms. The van der Waals surface area contributed by atoms with Crippen LogP contribution in [-0.2, 0) is 13.6 Å². The van der Waals surface area contributed by atoms with Crippen molar-refractivity contribution in [1.29, 1.82) is 0 Å². The summed E-state index contributed by atoms with van der Waals surface area (Å²) in [5.41, 5.74) is 3.60. The predicted molar refractivity (Wildman–Crippen MR) is 87.0 cm³/mol. The van der Waals surface area contributed by atoms with Crippen LogP contribution in [0, 0.1) is 0 Å². The quantitative estimate of drug-likeness (QED) is 0.862. The summed E-state index contributed by atoms with van der Waals surface area (Å²) >= 11 is 0. The molecule has 3 heteroatoms. The zero-order valence-corrected chi connectivity index (χ0v) is 12.9. The Kier molecular flexibility index (Phi) is 4.71. The topological polar surface area (TPSA) is 29.9 Å². The van der Waals surface area contributed by atoms with E-state index in [2.05, 4.69) is 40.7 Å². The summed E-state index contributed by atoms with van der Waals surface area (Å²) in [4.78, 5) is 0. The van der Waals surface area contributed by atoms with Gasteiger partial charge in [0, 0.05) is 31.4 Å². The van der Waals surface area contributed by atoms with Gasteiger partial charge in [0.15, 0.2) is 0 Å². The van der Waals surface area contributed by atoms with Crippen molar-refractivity contribution >= 4 is 0 Å². The smallest absolute Gasteiger partial charge is 0.0923 e. The van der Waals surface area contributed by atoms with Gasteiger partial charge < -0.3 is 5.32 Å². The second kappa shape index (κ2) is 6.90. The Morgan fingerprint density at radius 1 is 1.14 bits per heavy atom. The third-order valence-electron chi connectivity index (χ3n) is 4.39. The first-order valence-corrected chi connectivity index (χ1v) is 8.13. The first-order chi connectivity index (χ1) is 10.3. The van der Waals surface area contributed by atoms with Gasteiger partial charge in [-0.2, -0.15) is 5.10 Å². The lowest BCUT2D eigenvalue weighted by atomic mass is 10.1. The lowest BCUT2D eigenvalue weighted by Crippen LogP contribution is -2.27. The van der Waals surface area contributed by atoms with E-state index in [1.807, 2.05) is 17.9 Å². The van der Waals surface area contributed by atoms with Gasteiger partial charge in [-0.15, -0.1) is 0 Å². The van der Waals surface area contributed by atoms with Crippen LogP contribution in [0.5, 0.6) is 0 Å². The van der Waals surface area contributed by atoms with Crippen molar-refractivity contribution in [2.45, 2.75) is 51.1 Å². The van der Waals surface area contributed by atoms with Gasteiger partial charge in [0.25, 0.3) is 0 Å². The molecule has 1 heterocycles. The number of nitrogens with zero attached hydrogens (tertiary/aromatic N) is 2. The first-order valence-electron chi connectivity index (χ1n) is 8.13. The molecule has 2 aromatic rings. The third kappa shape index (κ3) is 3.94. The van der Waals surface area contributed by atoms with Gasteiger partial charge in [0.1, 0.15) is 0 Å². The molecule has 0 radical (unpaired) electrons. The van der Waals surface area contributed by atoms with E-state index in [0.717, 1.165) is 12.2 Å². The van der Waals surface area contributed by atoms with Gasteiger partial charge in [-0.05, 0) is 30.5 Å². The van der Waals surface area contributed by atoms with Crippen LogP contribution < -0.4 is 5.32 Å². The molecule has 0 spiro atoms. The predicted octanol–water partition coefficient (Wildman–Crippen LogP) is 3.90. The van der Waals surface area contributed by atoms with E-state index in [0.29, 0.717) is 6.04 Å². The second-order valence-corrected chi connectivity index (χ2v) is 6.14. The molecular weight excluding hydrogens is 258 g/mol. The van der Waals surface area contributed by atoms with Crippen LogP contribution in [0.1, 0.15) is 44.1 Å². The number of rotatable bonds is 4. The highest BCUT2D eigenvalue weighted by molar-refractivity contribution is 5.59. The van der Waals surface area contributed by atoms with Crippen LogP contribution in [0.2, 0.25) is 0 Å².